The van der Waals surface area contributed by atoms with E-state index < -0.39 is 6.04 Å². The molecule has 0 aliphatic carbocycles. The van der Waals surface area contributed by atoms with E-state index in [1.54, 1.807) is 17.0 Å². The molecule has 2 aromatic carbocycles. The third kappa shape index (κ3) is 4.14. The molecule has 0 saturated carbocycles. The fraction of sp³-hybridized carbons (Fsp3) is 0.273. The summed E-state index contributed by atoms with van der Waals surface area (Å²) in [6.07, 6.45) is 1.53. The minimum atomic E-state index is -0.408. The van der Waals surface area contributed by atoms with Gasteiger partial charge >= 0.3 is 0 Å². The third-order valence-electron chi connectivity index (χ3n) is 4.85. The van der Waals surface area contributed by atoms with Crippen LogP contribution in [0.1, 0.15) is 30.9 Å². The molecule has 2 aromatic rings. The van der Waals surface area contributed by atoms with Crippen molar-refractivity contribution in [1.29, 1.82) is 0 Å². The van der Waals surface area contributed by atoms with Gasteiger partial charge in [0.1, 0.15) is 17.7 Å². The Morgan fingerprint density at radius 3 is 2.73 bits per heavy atom. The monoisotopic (exact) mass is 424 g/mol. The quantitative estimate of drug-likeness (QED) is 0.770. The maximum atomic E-state index is 13.0. The molecule has 0 aromatic heterocycles. The van der Waals surface area contributed by atoms with Crippen LogP contribution in [0.25, 0.3) is 0 Å². The molecule has 154 valence electrons. The van der Waals surface area contributed by atoms with E-state index in [-0.39, 0.29) is 23.4 Å². The van der Waals surface area contributed by atoms with Gasteiger partial charge in [0, 0.05) is 12.1 Å². The van der Waals surface area contributed by atoms with Gasteiger partial charge in [0.05, 0.1) is 11.4 Å². The number of hydrogen-bond acceptors (Lipinski definition) is 5. The second kappa shape index (κ2) is 8.79. The van der Waals surface area contributed by atoms with Gasteiger partial charge in [-0.1, -0.05) is 49.4 Å². The van der Waals surface area contributed by atoms with E-state index in [0.717, 1.165) is 23.2 Å². The Hall–Kier alpha value is -3.00. The van der Waals surface area contributed by atoms with E-state index >= 15 is 0 Å². The molecule has 0 bridgehead atoms. The standard InChI is InChI=1S/C22H21FN4O2S/c1-2-5-18-21(29)27-20(25-18)16-6-3-4-7-17(16)26-22(27)30-13-19(28)24-12-14-8-10-15(23)11-9-14/h3-4,6-11,18H,2,5,12-13H2,1H3,(H,24,28)/t18-/m1/s1. The van der Waals surface area contributed by atoms with Crippen LogP contribution in [0.5, 0.6) is 0 Å². The number of para-hydroxylation sites is 1. The molecule has 4 rings (SSSR count). The van der Waals surface area contributed by atoms with Gasteiger partial charge in [0.2, 0.25) is 5.91 Å². The average molecular weight is 425 g/mol. The zero-order chi connectivity index (χ0) is 21.1. The Kier molecular flexibility index (Phi) is 5.94. The van der Waals surface area contributed by atoms with E-state index in [1.807, 2.05) is 31.2 Å². The minimum Gasteiger partial charge on any atom is -0.351 e. The highest BCUT2D eigenvalue weighted by Crippen LogP contribution is 2.34. The van der Waals surface area contributed by atoms with Crippen LogP contribution in [0.3, 0.4) is 0 Å². The SMILES string of the molecule is CCC[C@H]1N=C2c3ccccc3N=C(SCC(=O)NCc3ccc(F)cc3)N2C1=O. The minimum absolute atomic E-state index is 0.0978. The highest BCUT2D eigenvalue weighted by Gasteiger charge is 2.40. The third-order valence-corrected chi connectivity index (χ3v) is 5.78. The number of carbonyl (C=O) groups excluding carboxylic acids is 2. The summed E-state index contributed by atoms with van der Waals surface area (Å²) in [6.45, 7) is 2.33. The van der Waals surface area contributed by atoms with Gasteiger partial charge in [0.15, 0.2) is 5.17 Å². The Balaban J connectivity index is 1.46. The van der Waals surface area contributed by atoms with Crippen LogP contribution >= 0.6 is 11.8 Å². The van der Waals surface area contributed by atoms with Crippen molar-refractivity contribution >= 4 is 40.3 Å². The summed E-state index contributed by atoms with van der Waals surface area (Å²) in [6, 6.07) is 13.1. The second-order valence-corrected chi connectivity index (χ2v) is 7.98. The first-order valence-electron chi connectivity index (χ1n) is 9.80. The van der Waals surface area contributed by atoms with Gasteiger partial charge < -0.3 is 5.32 Å². The van der Waals surface area contributed by atoms with Crippen LogP contribution in [0, 0.1) is 5.82 Å². The van der Waals surface area contributed by atoms with Crippen LogP contribution in [-0.2, 0) is 16.1 Å². The van der Waals surface area contributed by atoms with E-state index in [2.05, 4.69) is 15.3 Å². The summed E-state index contributed by atoms with van der Waals surface area (Å²) in [5.41, 5.74) is 2.38. The molecule has 0 radical (unpaired) electrons. The van der Waals surface area contributed by atoms with Crippen LogP contribution in [0.15, 0.2) is 58.5 Å². The Morgan fingerprint density at radius 2 is 1.97 bits per heavy atom. The highest BCUT2D eigenvalue weighted by atomic mass is 32.2. The van der Waals surface area contributed by atoms with Crippen molar-refractivity contribution in [2.24, 2.45) is 9.98 Å². The molecule has 1 N–H and O–H groups in total. The molecule has 0 spiro atoms. The van der Waals surface area contributed by atoms with E-state index in [1.165, 1.54) is 23.9 Å². The lowest BCUT2D eigenvalue weighted by Crippen LogP contribution is -2.41. The summed E-state index contributed by atoms with van der Waals surface area (Å²) >= 11 is 1.21. The van der Waals surface area contributed by atoms with Crippen molar-refractivity contribution in [3.63, 3.8) is 0 Å². The zero-order valence-corrected chi connectivity index (χ0v) is 17.3. The fourth-order valence-corrected chi connectivity index (χ4v) is 4.18. The number of carbonyl (C=O) groups is 2. The molecule has 2 aliphatic rings. The average Bonchev–Trinajstić information content (AvgIpc) is 3.08. The first-order valence-corrected chi connectivity index (χ1v) is 10.8. The van der Waals surface area contributed by atoms with Crippen molar-refractivity contribution < 1.29 is 14.0 Å². The smallest absolute Gasteiger partial charge is 0.259 e. The lowest BCUT2D eigenvalue weighted by Gasteiger charge is -2.25. The van der Waals surface area contributed by atoms with Crippen LogP contribution in [0.4, 0.5) is 10.1 Å². The maximum Gasteiger partial charge on any atom is 0.259 e. The molecule has 30 heavy (non-hydrogen) atoms. The molecule has 0 saturated heterocycles. The van der Waals surface area contributed by atoms with Crippen LogP contribution in [-0.4, -0.2) is 39.5 Å². The molecular weight excluding hydrogens is 403 g/mol. The van der Waals surface area contributed by atoms with Crippen molar-refractivity contribution in [3.8, 4) is 0 Å². The Morgan fingerprint density at radius 1 is 1.20 bits per heavy atom. The number of nitrogens with zero attached hydrogens (tertiary/aromatic N) is 3. The molecule has 0 fully saturated rings. The first kappa shape index (κ1) is 20.3. The lowest BCUT2D eigenvalue weighted by atomic mass is 10.1. The van der Waals surface area contributed by atoms with Crippen molar-refractivity contribution in [2.75, 3.05) is 5.75 Å². The molecule has 8 heteroatoms. The molecule has 2 amide bonds. The summed E-state index contributed by atoms with van der Waals surface area (Å²) in [7, 11) is 0. The van der Waals surface area contributed by atoms with Crippen molar-refractivity contribution in [2.45, 2.75) is 32.4 Å². The molecule has 6 nitrogen and oxygen atoms in total. The number of nitrogens with one attached hydrogen (secondary N) is 1. The first-order chi connectivity index (χ1) is 14.6. The van der Waals surface area contributed by atoms with Crippen molar-refractivity contribution in [3.05, 3.63) is 65.5 Å². The van der Waals surface area contributed by atoms with Gasteiger partial charge in [-0.3, -0.25) is 14.6 Å². The molecular formula is C22H21FN4O2S. The summed E-state index contributed by atoms with van der Waals surface area (Å²) in [4.78, 5) is 36.0. The Bertz CT molecular complexity index is 1040. The van der Waals surface area contributed by atoms with Crippen molar-refractivity contribution in [1.82, 2.24) is 10.2 Å². The summed E-state index contributed by atoms with van der Waals surface area (Å²) < 4.78 is 13.0. The summed E-state index contributed by atoms with van der Waals surface area (Å²) in [5, 5.41) is 3.27. The van der Waals surface area contributed by atoms with Crippen LogP contribution < -0.4 is 5.32 Å². The topological polar surface area (TPSA) is 74.1 Å². The van der Waals surface area contributed by atoms with Gasteiger partial charge in [-0.15, -0.1) is 0 Å². The number of halogens is 1. The summed E-state index contributed by atoms with van der Waals surface area (Å²) in [5.74, 6) is 0.113. The predicted octanol–water partition coefficient (Wildman–Crippen LogP) is 3.63. The van der Waals surface area contributed by atoms with Gasteiger partial charge in [0.25, 0.3) is 5.91 Å². The number of aliphatic imine (C=N–C) groups is 2. The zero-order valence-electron chi connectivity index (χ0n) is 16.5. The molecule has 2 aliphatic heterocycles. The van der Waals surface area contributed by atoms with E-state index in [0.29, 0.717) is 24.0 Å². The largest absolute Gasteiger partial charge is 0.351 e. The molecule has 0 unspecified atom stereocenters. The van der Waals surface area contributed by atoms with Crippen LogP contribution in [0.2, 0.25) is 0 Å². The predicted molar refractivity (Wildman–Crippen MR) is 116 cm³/mol. The van der Waals surface area contributed by atoms with Gasteiger partial charge in [-0.05, 0) is 36.2 Å². The van der Waals surface area contributed by atoms with Gasteiger partial charge in [-0.25, -0.2) is 14.3 Å². The number of fused-ring (bicyclic) bond motifs is 3. The number of hydrogen-bond donors (Lipinski definition) is 1. The number of amidine groups is 2. The normalized spacial score (nSPS) is 17.2. The fourth-order valence-electron chi connectivity index (χ4n) is 3.34. The van der Waals surface area contributed by atoms with E-state index in [9.17, 15) is 14.0 Å². The van der Waals surface area contributed by atoms with E-state index in [4.69, 9.17) is 0 Å². The number of rotatable bonds is 6. The highest BCUT2D eigenvalue weighted by molar-refractivity contribution is 8.14. The number of amides is 2. The van der Waals surface area contributed by atoms with Gasteiger partial charge in [-0.2, -0.15) is 0 Å². The number of thioether (sulfide) groups is 1. The number of benzene rings is 2. The Labute approximate surface area is 178 Å². The maximum absolute atomic E-state index is 13.0. The molecule has 2 heterocycles. The lowest BCUT2D eigenvalue weighted by molar-refractivity contribution is -0.124. The molecule has 1 atom stereocenters. The second-order valence-electron chi connectivity index (χ2n) is 7.03.